The van der Waals surface area contributed by atoms with Gasteiger partial charge in [0.05, 0.1) is 16.0 Å². The minimum Gasteiger partial charge on any atom is -0.510 e. The highest BCUT2D eigenvalue weighted by molar-refractivity contribution is 7.99. The Morgan fingerprint density at radius 2 is 1.97 bits per heavy atom. The van der Waals surface area contributed by atoms with E-state index >= 15 is 0 Å². The van der Waals surface area contributed by atoms with E-state index in [-0.39, 0.29) is 22.9 Å². The third-order valence-corrected chi connectivity index (χ3v) is 6.27. The van der Waals surface area contributed by atoms with Gasteiger partial charge in [0.15, 0.2) is 11.0 Å². The van der Waals surface area contributed by atoms with Crippen LogP contribution < -0.4 is 0 Å². The van der Waals surface area contributed by atoms with Crippen molar-refractivity contribution in [3.8, 4) is 17.5 Å². The van der Waals surface area contributed by atoms with Gasteiger partial charge in [-0.25, -0.2) is 9.37 Å². The summed E-state index contributed by atoms with van der Waals surface area (Å²) in [5.74, 6) is 0.346. The highest BCUT2D eigenvalue weighted by Crippen LogP contribution is 2.30. The standard InChI is InChI=1S/C20H14FN5OS2/c1-26-18(12-6-8-13(21)9-7-12)24-25-20(26)28-11-16(27)14(10-22)19-23-15-4-2-3-5-17(15)29-19/h2-9,27H,11H2,1H3/b16-14-. The third-order valence-electron chi connectivity index (χ3n) is 4.18. The second kappa shape index (κ2) is 8.03. The zero-order valence-electron chi connectivity index (χ0n) is 15.2. The molecule has 0 radical (unpaired) electrons. The van der Waals surface area contributed by atoms with Gasteiger partial charge in [-0.2, -0.15) is 5.26 Å². The highest BCUT2D eigenvalue weighted by atomic mass is 32.2. The Morgan fingerprint density at radius 1 is 1.21 bits per heavy atom. The molecule has 0 fully saturated rings. The average Bonchev–Trinajstić information content (AvgIpc) is 3.31. The van der Waals surface area contributed by atoms with Gasteiger partial charge < -0.3 is 9.67 Å². The summed E-state index contributed by atoms with van der Waals surface area (Å²) in [5.41, 5.74) is 1.68. The number of thioether (sulfide) groups is 1. The molecule has 4 aromatic rings. The van der Waals surface area contributed by atoms with E-state index in [1.807, 2.05) is 24.3 Å². The third kappa shape index (κ3) is 3.85. The van der Waals surface area contributed by atoms with E-state index in [0.717, 1.165) is 15.8 Å². The first-order valence-electron chi connectivity index (χ1n) is 8.53. The van der Waals surface area contributed by atoms with Crippen molar-refractivity contribution in [2.45, 2.75) is 5.16 Å². The zero-order valence-corrected chi connectivity index (χ0v) is 16.8. The fourth-order valence-corrected chi connectivity index (χ4v) is 4.48. The van der Waals surface area contributed by atoms with Gasteiger partial charge in [-0.05, 0) is 36.4 Å². The van der Waals surface area contributed by atoms with Crippen LogP contribution in [-0.4, -0.2) is 30.6 Å². The van der Waals surface area contributed by atoms with Crippen LogP contribution >= 0.6 is 23.1 Å². The summed E-state index contributed by atoms with van der Waals surface area (Å²) in [6.45, 7) is 0. The number of aliphatic hydroxyl groups excluding tert-OH is 1. The monoisotopic (exact) mass is 423 g/mol. The van der Waals surface area contributed by atoms with Gasteiger partial charge >= 0.3 is 0 Å². The predicted molar refractivity (Wildman–Crippen MR) is 112 cm³/mol. The first-order valence-corrected chi connectivity index (χ1v) is 10.3. The maximum absolute atomic E-state index is 13.1. The molecule has 1 N–H and O–H groups in total. The predicted octanol–water partition coefficient (Wildman–Crippen LogP) is 4.82. The van der Waals surface area contributed by atoms with Crippen LogP contribution in [0, 0.1) is 17.1 Å². The number of thiazole rings is 1. The van der Waals surface area contributed by atoms with Crippen molar-refractivity contribution in [2.24, 2.45) is 7.05 Å². The van der Waals surface area contributed by atoms with E-state index in [1.54, 1.807) is 23.7 Å². The van der Waals surface area contributed by atoms with Crippen molar-refractivity contribution in [2.75, 3.05) is 5.75 Å². The molecule has 4 rings (SSSR count). The topological polar surface area (TPSA) is 87.6 Å². The molecule has 0 spiro atoms. The van der Waals surface area contributed by atoms with Gasteiger partial charge in [0, 0.05) is 12.6 Å². The Balaban J connectivity index is 1.56. The van der Waals surface area contributed by atoms with Crippen LogP contribution in [0.2, 0.25) is 0 Å². The minimum absolute atomic E-state index is 0.0668. The number of benzene rings is 2. The van der Waals surface area contributed by atoms with Crippen LogP contribution in [0.1, 0.15) is 5.01 Å². The van der Waals surface area contributed by atoms with E-state index in [0.29, 0.717) is 16.0 Å². The normalized spacial score (nSPS) is 12.0. The Bertz CT molecular complexity index is 1220. The van der Waals surface area contributed by atoms with E-state index in [4.69, 9.17) is 0 Å². The maximum Gasteiger partial charge on any atom is 0.191 e. The van der Waals surface area contributed by atoms with Crippen LogP contribution in [0.15, 0.2) is 59.4 Å². The van der Waals surface area contributed by atoms with E-state index in [1.165, 1.54) is 35.2 Å². The van der Waals surface area contributed by atoms with Crippen molar-refractivity contribution < 1.29 is 9.50 Å². The van der Waals surface area contributed by atoms with Gasteiger partial charge in [0.1, 0.15) is 28.2 Å². The molecule has 0 saturated carbocycles. The van der Waals surface area contributed by atoms with Crippen molar-refractivity contribution in [1.29, 1.82) is 5.26 Å². The number of halogens is 1. The summed E-state index contributed by atoms with van der Waals surface area (Å²) < 4.78 is 15.8. The van der Waals surface area contributed by atoms with Crippen LogP contribution in [0.5, 0.6) is 0 Å². The molecule has 0 aliphatic rings. The Kier molecular flexibility index (Phi) is 5.29. The minimum atomic E-state index is -0.320. The second-order valence-electron chi connectivity index (χ2n) is 6.08. The second-order valence-corrected chi connectivity index (χ2v) is 8.05. The number of aromatic nitrogens is 4. The summed E-state index contributed by atoms with van der Waals surface area (Å²) in [6, 6.07) is 15.6. The number of hydrogen-bond acceptors (Lipinski definition) is 7. The quantitative estimate of drug-likeness (QED) is 0.281. The van der Waals surface area contributed by atoms with Crippen LogP contribution in [0.3, 0.4) is 0 Å². The zero-order chi connectivity index (χ0) is 20.4. The van der Waals surface area contributed by atoms with Gasteiger partial charge in [0.25, 0.3) is 0 Å². The molecule has 2 aromatic carbocycles. The molecule has 29 heavy (non-hydrogen) atoms. The lowest BCUT2D eigenvalue weighted by molar-refractivity contribution is 0.420. The van der Waals surface area contributed by atoms with Crippen molar-refractivity contribution >= 4 is 38.9 Å². The molecule has 0 aliphatic heterocycles. The van der Waals surface area contributed by atoms with Gasteiger partial charge in [0.2, 0.25) is 0 Å². The van der Waals surface area contributed by atoms with Gasteiger partial charge in [-0.15, -0.1) is 21.5 Å². The van der Waals surface area contributed by atoms with E-state index < -0.39 is 0 Å². The lowest BCUT2D eigenvalue weighted by Crippen LogP contribution is -1.97. The van der Waals surface area contributed by atoms with Crippen LogP contribution in [0.4, 0.5) is 4.39 Å². The molecule has 2 aromatic heterocycles. The number of nitriles is 1. The number of allylic oxidation sites excluding steroid dienone is 1. The fourth-order valence-electron chi connectivity index (χ4n) is 2.71. The molecule has 9 heteroatoms. The van der Waals surface area contributed by atoms with E-state index in [9.17, 15) is 14.8 Å². The average molecular weight is 423 g/mol. The van der Waals surface area contributed by atoms with Crippen molar-refractivity contribution in [3.05, 3.63) is 65.1 Å². The summed E-state index contributed by atoms with van der Waals surface area (Å²) >= 11 is 2.61. The molecule has 0 amide bonds. The Labute approximate surface area is 174 Å². The Morgan fingerprint density at radius 3 is 2.69 bits per heavy atom. The van der Waals surface area contributed by atoms with Gasteiger partial charge in [-0.1, -0.05) is 23.9 Å². The molecule has 0 aliphatic carbocycles. The molecule has 144 valence electrons. The van der Waals surface area contributed by atoms with Crippen LogP contribution in [0.25, 0.3) is 27.2 Å². The largest absolute Gasteiger partial charge is 0.510 e. The number of aliphatic hydroxyl groups is 1. The van der Waals surface area contributed by atoms with Crippen LogP contribution in [-0.2, 0) is 7.05 Å². The number of fused-ring (bicyclic) bond motifs is 1. The molecule has 0 atom stereocenters. The number of para-hydroxylation sites is 1. The fraction of sp³-hybridized carbons (Fsp3) is 0.100. The first-order chi connectivity index (χ1) is 14.1. The maximum atomic E-state index is 13.1. The summed E-state index contributed by atoms with van der Waals surface area (Å²) in [6.07, 6.45) is 0. The lowest BCUT2D eigenvalue weighted by atomic mass is 10.2. The molecule has 0 unspecified atom stereocenters. The Hall–Kier alpha value is -3.22. The number of hydrogen-bond donors (Lipinski definition) is 1. The molecule has 0 saturated heterocycles. The number of nitrogens with zero attached hydrogens (tertiary/aromatic N) is 5. The number of rotatable bonds is 5. The summed E-state index contributed by atoms with van der Waals surface area (Å²) in [7, 11) is 1.79. The summed E-state index contributed by atoms with van der Waals surface area (Å²) in [4.78, 5) is 4.43. The van der Waals surface area contributed by atoms with Crippen molar-refractivity contribution in [1.82, 2.24) is 19.7 Å². The molecule has 6 nitrogen and oxygen atoms in total. The molecule has 0 bridgehead atoms. The molecule has 2 heterocycles. The van der Waals surface area contributed by atoms with E-state index in [2.05, 4.69) is 21.3 Å². The highest BCUT2D eigenvalue weighted by Gasteiger charge is 2.16. The first kappa shape index (κ1) is 19.1. The van der Waals surface area contributed by atoms with Gasteiger partial charge in [-0.3, -0.25) is 0 Å². The van der Waals surface area contributed by atoms with Crippen molar-refractivity contribution in [3.63, 3.8) is 0 Å². The summed E-state index contributed by atoms with van der Waals surface area (Å²) in [5, 5.41) is 29.3. The molecular formula is C20H14FN5OS2. The lowest BCUT2D eigenvalue weighted by Gasteiger charge is -2.04. The SMILES string of the molecule is Cn1c(SC/C(O)=C(\C#N)c2nc3ccccc3s2)nnc1-c1ccc(F)cc1. The smallest absolute Gasteiger partial charge is 0.191 e. The molecular weight excluding hydrogens is 409 g/mol.